The first-order valence-electron chi connectivity index (χ1n) is 22.6. The van der Waals surface area contributed by atoms with Crippen molar-refractivity contribution in [2.45, 2.75) is 184 Å². The van der Waals surface area contributed by atoms with E-state index in [2.05, 4.69) is 68.5 Å². The Kier molecular flexibility index (Phi) is 33.3. The van der Waals surface area contributed by atoms with E-state index in [9.17, 15) is 54.8 Å². The van der Waals surface area contributed by atoms with E-state index in [0.717, 1.165) is 44.9 Å². The predicted octanol–water partition coefficient (Wildman–Crippen LogP) is 6.44. The van der Waals surface area contributed by atoms with Gasteiger partial charge >= 0.3 is 19.8 Å². The van der Waals surface area contributed by atoms with Crippen molar-refractivity contribution >= 4 is 19.8 Å². The quantitative estimate of drug-likeness (QED) is 0.0148. The monoisotopic (exact) mass is 913 g/mol. The van der Waals surface area contributed by atoms with Crippen molar-refractivity contribution in [1.82, 2.24) is 0 Å². The second-order valence-corrected chi connectivity index (χ2v) is 16.9. The van der Waals surface area contributed by atoms with Crippen LogP contribution < -0.4 is 0 Å². The third-order valence-electron chi connectivity index (χ3n) is 9.92. The molecule has 0 spiro atoms. The van der Waals surface area contributed by atoms with E-state index < -0.39 is 87.9 Å². The molecular weight excluding hydrogens is 835 g/mol. The molecule has 1 saturated carbocycles. The Balaban J connectivity index is 2.63. The van der Waals surface area contributed by atoms with E-state index in [1.807, 2.05) is 24.3 Å². The van der Waals surface area contributed by atoms with Crippen LogP contribution in [0, 0.1) is 0 Å². The number of phosphoric acid groups is 1. The Morgan fingerprint density at radius 1 is 0.571 bits per heavy atom. The molecule has 3 unspecified atom stereocenters. The minimum absolute atomic E-state index is 0.0521. The van der Waals surface area contributed by atoms with Gasteiger partial charge in [-0.05, 0) is 89.9 Å². The smallest absolute Gasteiger partial charge is 0.462 e. The van der Waals surface area contributed by atoms with Crippen molar-refractivity contribution < 1.29 is 73.3 Å². The Morgan fingerprint density at radius 2 is 1.05 bits per heavy atom. The summed E-state index contributed by atoms with van der Waals surface area (Å²) in [4.78, 5) is 35.7. The molecule has 360 valence electrons. The maximum absolute atomic E-state index is 12.8. The molecule has 16 heteroatoms. The van der Waals surface area contributed by atoms with Gasteiger partial charge in [-0.25, -0.2) is 4.57 Å². The fraction of sp³-hybridized carbons (Fsp3) is 0.660. The molecule has 15 nitrogen and oxygen atoms in total. The second-order valence-electron chi connectivity index (χ2n) is 15.5. The molecule has 0 radical (unpaired) electrons. The molecule has 0 aliphatic heterocycles. The summed E-state index contributed by atoms with van der Waals surface area (Å²) in [5.41, 5.74) is 0. The molecule has 8 N–H and O–H groups in total. The number of allylic oxidation sites excluding steroid dienone is 13. The molecule has 1 rings (SSSR count). The summed E-state index contributed by atoms with van der Waals surface area (Å²) >= 11 is 0. The zero-order chi connectivity index (χ0) is 46.7. The zero-order valence-corrected chi connectivity index (χ0v) is 38.2. The van der Waals surface area contributed by atoms with Crippen molar-refractivity contribution in [2.75, 3.05) is 13.2 Å². The number of hydrogen-bond acceptors (Lipinski definition) is 14. The number of hydrogen-bond donors (Lipinski definition) is 8. The molecule has 1 aliphatic carbocycles. The highest BCUT2D eigenvalue weighted by Crippen LogP contribution is 2.47. The van der Waals surface area contributed by atoms with Gasteiger partial charge in [0.2, 0.25) is 0 Å². The Hall–Kier alpha value is -3.05. The normalized spacial score (nSPS) is 23.5. The molecule has 0 saturated heterocycles. The van der Waals surface area contributed by atoms with E-state index in [4.69, 9.17) is 18.5 Å². The largest absolute Gasteiger partial charge is 0.472 e. The van der Waals surface area contributed by atoms with Gasteiger partial charge in [0.05, 0.1) is 18.8 Å². The summed E-state index contributed by atoms with van der Waals surface area (Å²) in [6, 6.07) is 0. The van der Waals surface area contributed by atoms with Crippen molar-refractivity contribution in [3.63, 3.8) is 0 Å². The maximum Gasteiger partial charge on any atom is 0.472 e. The predicted molar refractivity (Wildman–Crippen MR) is 242 cm³/mol. The number of phosphoric ester groups is 1. The van der Waals surface area contributed by atoms with Gasteiger partial charge in [-0.15, -0.1) is 0 Å². The van der Waals surface area contributed by atoms with Gasteiger partial charge in [0.15, 0.2) is 6.10 Å². The number of carbonyl (C=O) groups excluding carboxylic acids is 2. The van der Waals surface area contributed by atoms with Gasteiger partial charge in [0.25, 0.3) is 0 Å². The van der Waals surface area contributed by atoms with Crippen molar-refractivity contribution in [3.8, 4) is 0 Å². The maximum atomic E-state index is 12.8. The number of carbonyl (C=O) groups is 2. The fourth-order valence-corrected chi connectivity index (χ4v) is 7.12. The minimum atomic E-state index is -5.21. The first-order valence-corrected chi connectivity index (χ1v) is 24.1. The molecule has 0 bridgehead atoms. The number of aliphatic hydroxyl groups excluding tert-OH is 7. The van der Waals surface area contributed by atoms with Crippen LogP contribution in [0.5, 0.6) is 0 Å². The molecule has 0 heterocycles. The van der Waals surface area contributed by atoms with E-state index in [1.54, 1.807) is 6.08 Å². The Morgan fingerprint density at radius 3 is 1.59 bits per heavy atom. The summed E-state index contributed by atoms with van der Waals surface area (Å²) in [6.45, 7) is 2.85. The Bertz CT molecular complexity index is 1460. The number of esters is 2. The highest BCUT2D eigenvalue weighted by molar-refractivity contribution is 7.47. The molecule has 10 atom stereocenters. The van der Waals surface area contributed by atoms with E-state index in [1.165, 1.54) is 19.3 Å². The van der Waals surface area contributed by atoms with Crippen LogP contribution in [0.4, 0.5) is 0 Å². The molecule has 1 aliphatic rings. The highest BCUT2D eigenvalue weighted by atomic mass is 31.2. The van der Waals surface area contributed by atoms with Gasteiger partial charge in [0, 0.05) is 12.8 Å². The van der Waals surface area contributed by atoms with E-state index >= 15 is 0 Å². The van der Waals surface area contributed by atoms with Crippen LogP contribution in [0.25, 0.3) is 0 Å². The number of ether oxygens (including phenoxy) is 2. The fourth-order valence-electron chi connectivity index (χ4n) is 6.14. The second kappa shape index (κ2) is 36.2. The van der Waals surface area contributed by atoms with Gasteiger partial charge in [0.1, 0.15) is 43.2 Å². The number of aliphatic hydroxyl groups is 7. The van der Waals surface area contributed by atoms with Crippen LogP contribution in [-0.4, -0.2) is 121 Å². The Labute approximate surface area is 374 Å². The van der Waals surface area contributed by atoms with Gasteiger partial charge in [-0.1, -0.05) is 112 Å². The molecule has 0 aromatic carbocycles. The van der Waals surface area contributed by atoms with Crippen LogP contribution in [0.2, 0.25) is 0 Å². The zero-order valence-electron chi connectivity index (χ0n) is 37.3. The molecule has 0 aromatic rings. The molecule has 0 amide bonds. The van der Waals surface area contributed by atoms with Gasteiger partial charge in [-0.2, -0.15) is 0 Å². The average Bonchev–Trinajstić information content (AvgIpc) is 3.26. The first-order chi connectivity index (χ1) is 30.2. The standard InChI is InChI=1S/C47H77O15P/c1-3-5-7-9-11-13-15-17-18-19-21-23-25-27-29-33-40(50)59-35-37(36-60-63(57,58)62-47-45(55)43(53)42(52)44(54)46(47)56)61-41(51)34-30-32-39(49)38(48)31-28-26-24-22-20-16-14-12-10-8-6-4-2/h6,8,11-14,17-18,20-23,26,28,37-39,42-49,52-56H,3-5,7,9-10,15-16,19,24-25,27,29-36H2,1-2H3,(H,57,58)/b8-6-,13-11-,14-12-,18-17-,22-20-,23-21-,28-26-/t37-,38-,39-,42?,43-,44+,45-,46-,47?/m1/s1. The lowest BCUT2D eigenvalue weighted by Gasteiger charge is -2.41. The SMILES string of the molecule is CC/C=C\C/C=C\C/C=C\C/C=C\C[C@@H](O)[C@H](O)CCCC(=O)O[C@H](COC(=O)CCCC/C=C\C/C=C\C/C=C\CCCCC)COP(=O)(O)OC1[C@H](O)[C@H](O)C(O)[C@H](O)[C@H]1O. The minimum Gasteiger partial charge on any atom is -0.462 e. The first kappa shape index (κ1) is 58.0. The van der Waals surface area contributed by atoms with Crippen LogP contribution in [0.1, 0.15) is 129 Å². The van der Waals surface area contributed by atoms with Gasteiger partial charge in [-0.3, -0.25) is 18.6 Å². The van der Waals surface area contributed by atoms with Crippen LogP contribution in [0.15, 0.2) is 85.1 Å². The van der Waals surface area contributed by atoms with Gasteiger partial charge < -0.3 is 50.1 Å². The summed E-state index contributed by atoms with van der Waals surface area (Å²) in [6.07, 6.45) is 25.1. The van der Waals surface area contributed by atoms with E-state index in [-0.39, 0.29) is 32.1 Å². The van der Waals surface area contributed by atoms with Crippen LogP contribution in [0.3, 0.4) is 0 Å². The average molecular weight is 913 g/mol. The van der Waals surface area contributed by atoms with Crippen LogP contribution in [-0.2, 0) is 32.7 Å². The highest BCUT2D eigenvalue weighted by Gasteiger charge is 2.51. The topological polar surface area (TPSA) is 250 Å². The third kappa shape index (κ3) is 28.5. The van der Waals surface area contributed by atoms with Crippen molar-refractivity contribution in [3.05, 3.63) is 85.1 Å². The lowest BCUT2D eigenvalue weighted by molar-refractivity contribution is -0.220. The summed E-state index contributed by atoms with van der Waals surface area (Å²) < 4.78 is 33.2. The van der Waals surface area contributed by atoms with Crippen molar-refractivity contribution in [1.29, 1.82) is 0 Å². The lowest BCUT2D eigenvalue weighted by Crippen LogP contribution is -2.64. The number of rotatable bonds is 35. The van der Waals surface area contributed by atoms with Crippen molar-refractivity contribution in [2.24, 2.45) is 0 Å². The van der Waals surface area contributed by atoms with E-state index in [0.29, 0.717) is 19.3 Å². The molecule has 1 fully saturated rings. The molecular formula is C47H77O15P. The number of unbranched alkanes of at least 4 members (excludes halogenated alkanes) is 5. The third-order valence-corrected chi connectivity index (χ3v) is 10.9. The summed E-state index contributed by atoms with van der Waals surface area (Å²) in [7, 11) is -5.21. The summed E-state index contributed by atoms with van der Waals surface area (Å²) in [5.74, 6) is -1.44. The lowest BCUT2D eigenvalue weighted by atomic mass is 9.85. The molecule has 63 heavy (non-hydrogen) atoms. The molecule has 0 aromatic heterocycles. The van der Waals surface area contributed by atoms with Crippen LogP contribution >= 0.6 is 7.82 Å². The summed E-state index contributed by atoms with van der Waals surface area (Å²) in [5, 5.41) is 70.9.